The molecule has 0 bridgehead atoms. The average molecular weight is 461 g/mol. The maximum Gasteiger partial charge on any atom is 0.187 e. The average Bonchev–Trinajstić information content (AvgIpc) is 2.84. The van der Waals surface area contributed by atoms with Gasteiger partial charge < -0.3 is 10.6 Å². The van der Waals surface area contributed by atoms with Crippen molar-refractivity contribution in [1.82, 2.24) is 21.5 Å². The van der Waals surface area contributed by atoms with Gasteiger partial charge in [-0.2, -0.15) is 10.2 Å². The minimum absolute atomic E-state index is 0.469. The standard InChI is InChI=1S/C24H24N6S2/c31-23(25-15-19-7-3-1-4-8-19)29-27-17-21-11-13-22(14-12-21)18-28-30-24(32)26-16-20-9-5-2-6-10-20/h1-14,17-18H,15-16H2,(H2,25,29,31)(H2,26,30,32)/b27-17-,28-18-. The molecule has 4 N–H and O–H groups in total. The summed E-state index contributed by atoms with van der Waals surface area (Å²) in [6, 6.07) is 27.9. The highest BCUT2D eigenvalue weighted by atomic mass is 32.1. The Hall–Kier alpha value is -3.62. The largest absolute Gasteiger partial charge is 0.357 e. The van der Waals surface area contributed by atoms with Crippen LogP contribution < -0.4 is 21.5 Å². The monoisotopic (exact) mass is 460 g/mol. The molecule has 0 radical (unpaired) electrons. The van der Waals surface area contributed by atoms with Crippen molar-refractivity contribution in [2.45, 2.75) is 13.1 Å². The second kappa shape index (κ2) is 12.9. The zero-order chi connectivity index (χ0) is 22.4. The first kappa shape index (κ1) is 23.1. The van der Waals surface area contributed by atoms with Gasteiger partial charge in [0.1, 0.15) is 0 Å². The van der Waals surface area contributed by atoms with Gasteiger partial charge in [0.15, 0.2) is 10.2 Å². The third-order valence-corrected chi connectivity index (χ3v) is 4.76. The van der Waals surface area contributed by atoms with E-state index in [1.807, 2.05) is 84.9 Å². The normalized spacial score (nSPS) is 10.8. The molecule has 3 aromatic rings. The number of nitrogens with one attached hydrogen (secondary N) is 4. The van der Waals surface area contributed by atoms with E-state index in [0.717, 1.165) is 22.3 Å². The van der Waals surface area contributed by atoms with Gasteiger partial charge in [-0.15, -0.1) is 0 Å². The summed E-state index contributed by atoms with van der Waals surface area (Å²) in [6.07, 6.45) is 3.41. The van der Waals surface area contributed by atoms with Gasteiger partial charge in [-0.05, 0) is 46.7 Å². The van der Waals surface area contributed by atoms with Gasteiger partial charge in [-0.25, -0.2) is 0 Å². The Bertz CT molecular complexity index is 964. The van der Waals surface area contributed by atoms with Crippen LogP contribution in [-0.2, 0) is 13.1 Å². The third kappa shape index (κ3) is 8.63. The summed E-state index contributed by atoms with van der Waals surface area (Å²) in [5, 5.41) is 15.5. The second-order valence-electron chi connectivity index (χ2n) is 6.74. The number of rotatable bonds is 8. The summed E-state index contributed by atoms with van der Waals surface area (Å²) in [4.78, 5) is 0. The van der Waals surface area contributed by atoms with Crippen molar-refractivity contribution >= 4 is 47.1 Å². The summed E-state index contributed by atoms with van der Waals surface area (Å²) < 4.78 is 0. The highest BCUT2D eigenvalue weighted by molar-refractivity contribution is 7.80. The van der Waals surface area contributed by atoms with Gasteiger partial charge in [-0.3, -0.25) is 10.9 Å². The van der Waals surface area contributed by atoms with Crippen molar-refractivity contribution in [3.63, 3.8) is 0 Å². The molecule has 0 aliphatic rings. The van der Waals surface area contributed by atoms with Gasteiger partial charge in [-0.1, -0.05) is 84.9 Å². The smallest absolute Gasteiger partial charge is 0.187 e. The van der Waals surface area contributed by atoms with E-state index in [0.29, 0.717) is 23.3 Å². The molecule has 3 rings (SSSR count). The number of hydrogen-bond acceptors (Lipinski definition) is 4. The quantitative estimate of drug-likeness (QED) is 0.234. The lowest BCUT2D eigenvalue weighted by Crippen LogP contribution is -2.31. The molecule has 0 fully saturated rings. The molecule has 0 aromatic heterocycles. The van der Waals surface area contributed by atoms with Crippen molar-refractivity contribution in [3.05, 3.63) is 107 Å². The second-order valence-corrected chi connectivity index (χ2v) is 7.56. The molecule has 8 heteroatoms. The van der Waals surface area contributed by atoms with Crippen LogP contribution in [0.25, 0.3) is 0 Å². The van der Waals surface area contributed by atoms with Crippen LogP contribution in [0.2, 0.25) is 0 Å². The van der Waals surface area contributed by atoms with Crippen molar-refractivity contribution in [1.29, 1.82) is 0 Å². The molecule has 0 unspecified atom stereocenters. The summed E-state index contributed by atoms with van der Waals surface area (Å²) >= 11 is 10.5. The Balaban J connectivity index is 1.36. The lowest BCUT2D eigenvalue weighted by Gasteiger charge is -2.07. The van der Waals surface area contributed by atoms with Crippen LogP contribution >= 0.6 is 24.4 Å². The number of nitrogens with zero attached hydrogens (tertiary/aromatic N) is 2. The van der Waals surface area contributed by atoms with E-state index in [4.69, 9.17) is 24.4 Å². The molecule has 6 nitrogen and oxygen atoms in total. The Labute approximate surface area is 198 Å². The lowest BCUT2D eigenvalue weighted by molar-refractivity contribution is 0.868. The molecular formula is C24H24N6S2. The van der Waals surface area contributed by atoms with Gasteiger partial charge in [0, 0.05) is 13.1 Å². The van der Waals surface area contributed by atoms with E-state index in [1.54, 1.807) is 12.4 Å². The van der Waals surface area contributed by atoms with Crippen molar-refractivity contribution in [3.8, 4) is 0 Å². The minimum atomic E-state index is 0.469. The van der Waals surface area contributed by atoms with Crippen molar-refractivity contribution < 1.29 is 0 Å². The van der Waals surface area contributed by atoms with E-state index < -0.39 is 0 Å². The fourth-order valence-corrected chi connectivity index (χ4v) is 2.88. The Morgan fingerprint density at radius 1 is 0.594 bits per heavy atom. The summed E-state index contributed by atoms with van der Waals surface area (Å²) in [5.74, 6) is 0. The van der Waals surface area contributed by atoms with E-state index in [-0.39, 0.29) is 0 Å². The molecule has 32 heavy (non-hydrogen) atoms. The summed E-state index contributed by atoms with van der Waals surface area (Å²) in [6.45, 7) is 1.30. The van der Waals surface area contributed by atoms with Gasteiger partial charge in [0.25, 0.3) is 0 Å². The molecule has 0 spiro atoms. The minimum Gasteiger partial charge on any atom is -0.357 e. The maximum absolute atomic E-state index is 5.23. The fourth-order valence-electron chi connectivity index (χ4n) is 2.63. The zero-order valence-corrected chi connectivity index (χ0v) is 19.0. The van der Waals surface area contributed by atoms with E-state index >= 15 is 0 Å². The van der Waals surface area contributed by atoms with Crippen LogP contribution in [0.15, 0.2) is 95.1 Å². The maximum atomic E-state index is 5.23. The van der Waals surface area contributed by atoms with Gasteiger partial charge in [0.2, 0.25) is 0 Å². The topological polar surface area (TPSA) is 72.8 Å². The van der Waals surface area contributed by atoms with E-state index in [2.05, 4.69) is 31.7 Å². The van der Waals surface area contributed by atoms with E-state index in [9.17, 15) is 0 Å². The fraction of sp³-hybridized carbons (Fsp3) is 0.0833. The Kier molecular flexibility index (Phi) is 9.32. The van der Waals surface area contributed by atoms with Gasteiger partial charge in [0.05, 0.1) is 12.4 Å². The van der Waals surface area contributed by atoms with Crippen LogP contribution in [0.1, 0.15) is 22.3 Å². The number of benzene rings is 3. The van der Waals surface area contributed by atoms with Crippen molar-refractivity contribution in [2.24, 2.45) is 10.2 Å². The molecule has 162 valence electrons. The van der Waals surface area contributed by atoms with Crippen LogP contribution in [0.3, 0.4) is 0 Å². The first-order valence-corrected chi connectivity index (χ1v) is 10.8. The predicted octanol–water partition coefficient (Wildman–Crippen LogP) is 3.68. The SMILES string of the molecule is S=C(NCc1ccccc1)N/N=C\c1ccc(/C=N\NC(=S)NCc2ccccc2)cc1. The molecule has 0 aliphatic carbocycles. The summed E-state index contributed by atoms with van der Waals surface area (Å²) in [5.41, 5.74) is 9.82. The van der Waals surface area contributed by atoms with Crippen LogP contribution in [0, 0.1) is 0 Å². The van der Waals surface area contributed by atoms with Crippen LogP contribution in [0.5, 0.6) is 0 Å². The van der Waals surface area contributed by atoms with Crippen molar-refractivity contribution in [2.75, 3.05) is 0 Å². The first-order valence-electron chi connectivity index (χ1n) is 10.0. The summed E-state index contributed by atoms with van der Waals surface area (Å²) in [7, 11) is 0. The molecule has 0 heterocycles. The number of hydrogen-bond donors (Lipinski definition) is 4. The van der Waals surface area contributed by atoms with Gasteiger partial charge >= 0.3 is 0 Å². The number of thiocarbonyl (C=S) groups is 2. The molecule has 0 aliphatic heterocycles. The third-order valence-electron chi connectivity index (χ3n) is 4.29. The highest BCUT2D eigenvalue weighted by Gasteiger charge is 1.96. The molecular weight excluding hydrogens is 436 g/mol. The first-order chi connectivity index (χ1) is 15.7. The van der Waals surface area contributed by atoms with Crippen LogP contribution in [-0.4, -0.2) is 22.7 Å². The molecule has 0 amide bonds. The number of hydrazone groups is 2. The molecule has 0 atom stereocenters. The molecule has 3 aromatic carbocycles. The Morgan fingerprint density at radius 3 is 1.34 bits per heavy atom. The van der Waals surface area contributed by atoms with E-state index in [1.165, 1.54) is 0 Å². The van der Waals surface area contributed by atoms with Crippen LogP contribution in [0.4, 0.5) is 0 Å². The zero-order valence-electron chi connectivity index (χ0n) is 17.4. The Morgan fingerprint density at radius 2 is 0.969 bits per heavy atom. The predicted molar refractivity (Wildman–Crippen MR) is 140 cm³/mol. The molecule has 0 saturated carbocycles. The lowest BCUT2D eigenvalue weighted by atomic mass is 10.2. The highest BCUT2D eigenvalue weighted by Crippen LogP contribution is 2.01. The molecule has 0 saturated heterocycles.